The first-order valence-electron chi connectivity index (χ1n) is 14.0. The predicted octanol–water partition coefficient (Wildman–Crippen LogP) is 7.11. The molecule has 5 atom stereocenters. The molecule has 1 saturated carbocycles. The summed E-state index contributed by atoms with van der Waals surface area (Å²) in [6.07, 6.45) is 9.45. The van der Waals surface area contributed by atoms with Gasteiger partial charge in [-0.2, -0.15) is 5.26 Å². The number of rotatable bonds is 10. The number of nitrogens with two attached hydrogens (primary N) is 1. The summed E-state index contributed by atoms with van der Waals surface area (Å²) in [4.78, 5) is 38.1. The third-order valence-corrected chi connectivity index (χ3v) is 10.8. The number of hydrogen-bond donors (Lipinski definition) is 1. The van der Waals surface area contributed by atoms with Crippen LogP contribution in [0.3, 0.4) is 0 Å². The van der Waals surface area contributed by atoms with Crippen LogP contribution in [0.15, 0.2) is 23.3 Å². The molecule has 2 rings (SSSR count). The van der Waals surface area contributed by atoms with Gasteiger partial charge in [-0.1, -0.05) is 80.4 Å². The van der Waals surface area contributed by atoms with E-state index in [2.05, 4.69) is 54.5 Å². The third kappa shape index (κ3) is 5.79. The molecule has 2 N–H and O–H groups in total. The van der Waals surface area contributed by atoms with Crippen molar-refractivity contribution in [2.45, 2.75) is 114 Å². The molecule has 37 heavy (non-hydrogen) atoms. The van der Waals surface area contributed by atoms with E-state index in [9.17, 15) is 19.6 Å². The Morgan fingerprint density at radius 2 is 1.70 bits per heavy atom. The second-order valence-electron chi connectivity index (χ2n) is 14.1. The lowest BCUT2D eigenvalue weighted by Gasteiger charge is -2.59. The van der Waals surface area contributed by atoms with Crippen molar-refractivity contribution >= 4 is 17.5 Å². The number of fused-ring (bicyclic) bond motifs is 1. The van der Waals surface area contributed by atoms with Crippen LogP contribution >= 0.6 is 0 Å². The molecule has 0 bridgehead atoms. The fourth-order valence-corrected chi connectivity index (χ4v) is 6.76. The molecule has 1 fully saturated rings. The molecule has 5 heteroatoms. The Kier molecular flexibility index (Phi) is 8.80. The number of allylic oxidation sites excluding steroid dienone is 4. The molecule has 2 aliphatic carbocycles. The Labute approximate surface area is 225 Å². The van der Waals surface area contributed by atoms with Crippen molar-refractivity contribution in [3.8, 4) is 6.07 Å². The Bertz CT molecular complexity index is 1040. The van der Waals surface area contributed by atoms with Crippen molar-refractivity contribution in [1.82, 2.24) is 0 Å². The minimum atomic E-state index is -0.606. The van der Waals surface area contributed by atoms with E-state index in [1.54, 1.807) is 13.0 Å². The maximum Gasteiger partial charge on any atom is 0.223 e. The number of ketones is 2. The van der Waals surface area contributed by atoms with Gasteiger partial charge in [0.15, 0.2) is 11.6 Å². The van der Waals surface area contributed by atoms with E-state index in [4.69, 9.17) is 5.73 Å². The highest BCUT2D eigenvalue weighted by Gasteiger charge is 2.58. The fourth-order valence-electron chi connectivity index (χ4n) is 6.76. The number of carbonyl (C=O) groups excluding carboxylic acids is 3. The highest BCUT2D eigenvalue weighted by molar-refractivity contribution is 6.02. The van der Waals surface area contributed by atoms with Gasteiger partial charge in [-0.05, 0) is 73.7 Å². The Morgan fingerprint density at radius 1 is 1.14 bits per heavy atom. The normalized spacial score (nSPS) is 31.2. The Balaban J connectivity index is 2.51. The molecule has 0 aromatic rings. The quantitative estimate of drug-likeness (QED) is 0.316. The van der Waals surface area contributed by atoms with E-state index in [-0.39, 0.29) is 51.1 Å². The standard InChI is InChI=1S/C32H50N2O3/c1-11-28(4,5)14-16-30(8,27(34)37)17-15-29(6,7)32(10)13-12-24-22(3)26(36)23(20-33)19-31(24,9)25(32)18-21(2)35/h18-19,22,24H,11-17H2,1-10H3,(H2,34,37)/b25-18-/t22-,24-,30-,31-,32+/m0/s1. The average molecular weight is 511 g/mol. The van der Waals surface area contributed by atoms with Crippen LogP contribution in [0.2, 0.25) is 0 Å². The minimum absolute atomic E-state index is 0.0286. The maximum absolute atomic E-state index is 12.9. The number of amides is 1. The highest BCUT2D eigenvalue weighted by Crippen LogP contribution is 2.65. The van der Waals surface area contributed by atoms with E-state index in [1.807, 2.05) is 19.9 Å². The molecule has 0 aliphatic heterocycles. The number of Topliss-reactive ketones (excluding diaryl/α,β-unsaturated/α-hetero) is 1. The second kappa shape index (κ2) is 10.5. The molecule has 0 aromatic carbocycles. The molecule has 1 amide bonds. The van der Waals surface area contributed by atoms with Crippen molar-refractivity contribution in [3.05, 3.63) is 23.3 Å². The zero-order valence-electron chi connectivity index (χ0n) is 25.0. The van der Waals surface area contributed by atoms with Gasteiger partial charge in [-0.15, -0.1) is 0 Å². The van der Waals surface area contributed by atoms with Crippen molar-refractivity contribution in [2.24, 2.45) is 44.6 Å². The van der Waals surface area contributed by atoms with Gasteiger partial charge in [-0.3, -0.25) is 14.4 Å². The monoisotopic (exact) mass is 510 g/mol. The number of carbonyl (C=O) groups is 3. The molecule has 0 spiro atoms. The lowest BCUT2D eigenvalue weighted by atomic mass is 9.44. The number of primary amides is 1. The first kappa shape index (κ1) is 31.0. The van der Waals surface area contributed by atoms with Crippen LogP contribution < -0.4 is 5.73 Å². The molecule has 0 saturated heterocycles. The molecular weight excluding hydrogens is 460 g/mol. The van der Waals surface area contributed by atoms with Crippen LogP contribution in [-0.2, 0) is 14.4 Å². The van der Waals surface area contributed by atoms with Gasteiger partial charge in [0.05, 0.1) is 5.57 Å². The van der Waals surface area contributed by atoms with Crippen LogP contribution in [0.4, 0.5) is 0 Å². The summed E-state index contributed by atoms with van der Waals surface area (Å²) in [5.74, 6) is -0.607. The van der Waals surface area contributed by atoms with Crippen LogP contribution in [0.25, 0.3) is 0 Å². The van der Waals surface area contributed by atoms with Crippen LogP contribution in [0.5, 0.6) is 0 Å². The maximum atomic E-state index is 12.9. The summed E-state index contributed by atoms with van der Waals surface area (Å²) in [5.41, 5.74) is 5.55. The summed E-state index contributed by atoms with van der Waals surface area (Å²) in [6, 6.07) is 2.12. The molecule has 206 valence electrons. The lowest BCUT2D eigenvalue weighted by molar-refractivity contribution is -0.128. The third-order valence-electron chi connectivity index (χ3n) is 10.8. The predicted molar refractivity (Wildman–Crippen MR) is 149 cm³/mol. The minimum Gasteiger partial charge on any atom is -0.369 e. The number of nitrogens with zero attached hydrogens (tertiary/aromatic N) is 1. The molecule has 0 heterocycles. The molecule has 0 unspecified atom stereocenters. The van der Waals surface area contributed by atoms with Crippen LogP contribution in [-0.4, -0.2) is 17.5 Å². The SMILES string of the molecule is CCC(C)(C)CC[C@@](C)(CCC(C)(C)[C@]1(C)CC[C@H]2[C@H](C)C(=O)C(C#N)=C[C@]2(C)/C1=C/C(C)=O)C(N)=O. The second-order valence-corrected chi connectivity index (χ2v) is 14.1. The zero-order chi connectivity index (χ0) is 28.6. The molecule has 0 radical (unpaired) electrons. The number of nitriles is 1. The van der Waals surface area contributed by atoms with E-state index in [0.717, 1.165) is 44.1 Å². The van der Waals surface area contributed by atoms with Crippen molar-refractivity contribution < 1.29 is 14.4 Å². The van der Waals surface area contributed by atoms with Gasteiger partial charge >= 0.3 is 0 Å². The Hall–Kier alpha value is -2.22. The van der Waals surface area contributed by atoms with E-state index in [1.165, 1.54) is 0 Å². The molecule has 2 aliphatic rings. The van der Waals surface area contributed by atoms with Crippen LogP contribution in [0.1, 0.15) is 114 Å². The molecular formula is C32H50N2O3. The molecule has 0 aromatic heterocycles. The summed E-state index contributed by atoms with van der Waals surface area (Å²) in [5, 5.41) is 9.72. The van der Waals surface area contributed by atoms with E-state index < -0.39 is 10.8 Å². The Morgan fingerprint density at radius 3 is 2.19 bits per heavy atom. The lowest BCUT2D eigenvalue weighted by Crippen LogP contribution is -2.53. The van der Waals surface area contributed by atoms with Crippen molar-refractivity contribution in [1.29, 1.82) is 5.26 Å². The molecule has 5 nitrogen and oxygen atoms in total. The van der Waals surface area contributed by atoms with Gasteiger partial charge in [0.25, 0.3) is 0 Å². The average Bonchev–Trinajstić information content (AvgIpc) is 2.81. The van der Waals surface area contributed by atoms with Gasteiger partial charge in [-0.25, -0.2) is 0 Å². The van der Waals surface area contributed by atoms with E-state index in [0.29, 0.717) is 6.42 Å². The van der Waals surface area contributed by atoms with Gasteiger partial charge in [0.1, 0.15) is 6.07 Å². The first-order chi connectivity index (χ1) is 16.8. The summed E-state index contributed by atoms with van der Waals surface area (Å²) < 4.78 is 0. The summed E-state index contributed by atoms with van der Waals surface area (Å²) >= 11 is 0. The van der Waals surface area contributed by atoms with E-state index >= 15 is 0 Å². The smallest absolute Gasteiger partial charge is 0.223 e. The van der Waals surface area contributed by atoms with Gasteiger partial charge in [0.2, 0.25) is 5.91 Å². The van der Waals surface area contributed by atoms with Crippen LogP contribution in [0, 0.1) is 50.2 Å². The summed E-state index contributed by atoms with van der Waals surface area (Å²) in [7, 11) is 0. The van der Waals surface area contributed by atoms with Gasteiger partial charge < -0.3 is 5.73 Å². The highest BCUT2D eigenvalue weighted by atomic mass is 16.1. The van der Waals surface area contributed by atoms with Crippen molar-refractivity contribution in [2.75, 3.05) is 0 Å². The van der Waals surface area contributed by atoms with Crippen molar-refractivity contribution in [3.63, 3.8) is 0 Å². The zero-order valence-corrected chi connectivity index (χ0v) is 25.0. The fraction of sp³-hybridized carbons (Fsp3) is 0.750. The number of hydrogen-bond acceptors (Lipinski definition) is 4. The topological polar surface area (TPSA) is 101 Å². The first-order valence-corrected chi connectivity index (χ1v) is 14.0. The van der Waals surface area contributed by atoms with Gasteiger partial charge in [0, 0.05) is 16.7 Å². The summed E-state index contributed by atoms with van der Waals surface area (Å²) in [6.45, 7) is 20.9. The largest absolute Gasteiger partial charge is 0.369 e.